The van der Waals surface area contributed by atoms with Crippen LogP contribution in [-0.4, -0.2) is 42.5 Å². The SMILES string of the molecule is CCOc1cc(C(=O)NCC(CC)C2=CC3C(C)COC3C(c3ccc(F)cc3)=N2)cc2cccnc12. The lowest BCUT2D eigenvalue weighted by Gasteiger charge is -2.28. The van der Waals surface area contributed by atoms with Gasteiger partial charge in [-0.2, -0.15) is 0 Å². The number of amides is 1. The molecule has 4 atom stereocenters. The molecule has 0 aliphatic carbocycles. The predicted octanol–water partition coefficient (Wildman–Crippen LogP) is 5.57. The number of halogens is 1. The Morgan fingerprint density at radius 3 is 2.78 bits per heavy atom. The predicted molar refractivity (Wildman–Crippen MR) is 142 cm³/mol. The number of aliphatic imine (C=N–C) groups is 1. The van der Waals surface area contributed by atoms with Gasteiger partial charge in [0, 0.05) is 41.2 Å². The van der Waals surface area contributed by atoms with Gasteiger partial charge in [-0.25, -0.2) is 4.39 Å². The van der Waals surface area contributed by atoms with Crippen LogP contribution in [0.3, 0.4) is 0 Å². The molecule has 0 bridgehead atoms. The van der Waals surface area contributed by atoms with Crippen molar-refractivity contribution in [3.8, 4) is 5.75 Å². The second-order valence-electron chi connectivity index (χ2n) is 9.70. The van der Waals surface area contributed by atoms with Crippen molar-refractivity contribution in [3.05, 3.63) is 83.4 Å². The minimum absolute atomic E-state index is 0.0293. The van der Waals surface area contributed by atoms with Gasteiger partial charge in [-0.05, 0) is 55.2 Å². The van der Waals surface area contributed by atoms with Crippen LogP contribution in [0.4, 0.5) is 4.39 Å². The van der Waals surface area contributed by atoms with Crippen molar-refractivity contribution in [2.24, 2.45) is 22.7 Å². The Kier molecular flexibility index (Phi) is 7.33. The van der Waals surface area contributed by atoms with E-state index in [1.165, 1.54) is 12.1 Å². The molecule has 4 unspecified atom stereocenters. The van der Waals surface area contributed by atoms with E-state index in [-0.39, 0.29) is 29.7 Å². The monoisotopic (exact) mass is 501 g/mol. The Morgan fingerprint density at radius 1 is 1.22 bits per heavy atom. The van der Waals surface area contributed by atoms with Gasteiger partial charge in [0.15, 0.2) is 0 Å². The summed E-state index contributed by atoms with van der Waals surface area (Å²) < 4.78 is 25.4. The molecule has 1 N–H and O–H groups in total. The molecule has 1 fully saturated rings. The third kappa shape index (κ3) is 5.14. The quantitative estimate of drug-likeness (QED) is 0.438. The number of carbonyl (C=O) groups excluding carboxylic acids is 1. The van der Waals surface area contributed by atoms with Gasteiger partial charge in [-0.15, -0.1) is 0 Å². The zero-order valence-corrected chi connectivity index (χ0v) is 21.4. The smallest absolute Gasteiger partial charge is 0.251 e. The molecule has 2 aliphatic rings. The van der Waals surface area contributed by atoms with E-state index in [1.54, 1.807) is 24.4 Å². The van der Waals surface area contributed by atoms with Crippen molar-refractivity contribution in [1.29, 1.82) is 0 Å². The highest BCUT2D eigenvalue weighted by Crippen LogP contribution is 2.37. The van der Waals surface area contributed by atoms with E-state index in [0.717, 1.165) is 34.3 Å². The first kappa shape index (κ1) is 25.1. The number of carbonyl (C=O) groups is 1. The Balaban J connectivity index is 1.38. The first-order valence-corrected chi connectivity index (χ1v) is 13.0. The summed E-state index contributed by atoms with van der Waals surface area (Å²) in [5.74, 6) is 0.726. The maximum atomic E-state index is 13.6. The molecule has 0 radical (unpaired) electrons. The molecule has 1 saturated heterocycles. The number of aromatic nitrogens is 1. The number of rotatable bonds is 8. The van der Waals surface area contributed by atoms with E-state index in [0.29, 0.717) is 37.0 Å². The van der Waals surface area contributed by atoms with Gasteiger partial charge in [-0.3, -0.25) is 14.8 Å². The summed E-state index contributed by atoms with van der Waals surface area (Å²) in [6, 6.07) is 13.8. The number of nitrogens with one attached hydrogen (secondary N) is 1. The Labute approximate surface area is 216 Å². The van der Waals surface area contributed by atoms with Crippen LogP contribution in [0.2, 0.25) is 0 Å². The van der Waals surface area contributed by atoms with Crippen LogP contribution in [-0.2, 0) is 4.74 Å². The van der Waals surface area contributed by atoms with Crippen molar-refractivity contribution in [1.82, 2.24) is 10.3 Å². The molecule has 7 heteroatoms. The van der Waals surface area contributed by atoms with Crippen LogP contribution in [0.15, 0.2) is 71.5 Å². The molecule has 6 nitrogen and oxygen atoms in total. The highest BCUT2D eigenvalue weighted by molar-refractivity contribution is 6.05. The second kappa shape index (κ2) is 10.8. The van der Waals surface area contributed by atoms with Crippen LogP contribution in [0.1, 0.15) is 43.1 Å². The number of ether oxygens (including phenoxy) is 2. The third-order valence-corrected chi connectivity index (χ3v) is 7.22. The van der Waals surface area contributed by atoms with Crippen LogP contribution < -0.4 is 10.1 Å². The Hall–Kier alpha value is -3.58. The topological polar surface area (TPSA) is 72.8 Å². The lowest BCUT2D eigenvalue weighted by atomic mass is 9.83. The van der Waals surface area contributed by atoms with E-state index in [1.807, 2.05) is 25.1 Å². The summed E-state index contributed by atoms with van der Waals surface area (Å²) in [6.45, 7) is 7.78. The van der Waals surface area contributed by atoms with Gasteiger partial charge < -0.3 is 14.8 Å². The lowest BCUT2D eigenvalue weighted by molar-refractivity contribution is 0.0948. The van der Waals surface area contributed by atoms with Gasteiger partial charge in [0.25, 0.3) is 5.91 Å². The van der Waals surface area contributed by atoms with E-state index in [2.05, 4.69) is 30.2 Å². The highest BCUT2D eigenvalue weighted by Gasteiger charge is 2.40. The zero-order chi connectivity index (χ0) is 25.9. The average Bonchev–Trinajstić information content (AvgIpc) is 3.29. The van der Waals surface area contributed by atoms with Gasteiger partial charge in [0.05, 0.1) is 18.9 Å². The van der Waals surface area contributed by atoms with E-state index in [4.69, 9.17) is 14.5 Å². The van der Waals surface area contributed by atoms with Gasteiger partial charge in [0.2, 0.25) is 0 Å². The van der Waals surface area contributed by atoms with Crippen molar-refractivity contribution >= 4 is 22.5 Å². The van der Waals surface area contributed by atoms with Gasteiger partial charge in [-0.1, -0.05) is 38.1 Å². The van der Waals surface area contributed by atoms with Crippen molar-refractivity contribution in [2.45, 2.75) is 33.3 Å². The van der Waals surface area contributed by atoms with Crippen LogP contribution >= 0.6 is 0 Å². The van der Waals surface area contributed by atoms with Crippen LogP contribution in [0.25, 0.3) is 10.9 Å². The number of pyridine rings is 1. The summed E-state index contributed by atoms with van der Waals surface area (Å²) >= 11 is 0. The summed E-state index contributed by atoms with van der Waals surface area (Å²) in [6.07, 6.45) is 4.60. The van der Waals surface area contributed by atoms with Crippen molar-refractivity contribution < 1.29 is 18.7 Å². The Bertz CT molecular complexity index is 1350. The van der Waals surface area contributed by atoms with Crippen molar-refractivity contribution in [2.75, 3.05) is 19.8 Å². The standard InChI is InChI=1S/C30H32FN3O3/c1-4-19(16-33-30(35)22-13-21-7-6-12-32-27(21)26(14-22)36-5-2)25-15-24-18(3)17-37-29(24)28(34-25)20-8-10-23(31)11-9-20/h6-15,18-19,24,29H,4-5,16-17H2,1-3H3,(H,33,35). The molecule has 5 rings (SSSR count). The fraction of sp³-hybridized carbons (Fsp3) is 0.367. The summed E-state index contributed by atoms with van der Waals surface area (Å²) in [7, 11) is 0. The fourth-order valence-electron chi connectivity index (χ4n) is 5.13. The van der Waals surface area contributed by atoms with Crippen molar-refractivity contribution in [3.63, 3.8) is 0 Å². The molecular weight excluding hydrogens is 469 g/mol. The van der Waals surface area contributed by atoms with Gasteiger partial charge in [0.1, 0.15) is 23.2 Å². The minimum atomic E-state index is -0.278. The Morgan fingerprint density at radius 2 is 2.03 bits per heavy atom. The number of hydrogen-bond acceptors (Lipinski definition) is 5. The molecule has 3 aromatic rings. The van der Waals surface area contributed by atoms with E-state index >= 15 is 0 Å². The number of nitrogens with zero attached hydrogens (tertiary/aromatic N) is 2. The fourth-order valence-corrected chi connectivity index (χ4v) is 5.13. The molecule has 2 aliphatic heterocycles. The molecule has 0 spiro atoms. The third-order valence-electron chi connectivity index (χ3n) is 7.22. The number of hydrogen-bond donors (Lipinski definition) is 1. The van der Waals surface area contributed by atoms with E-state index < -0.39 is 0 Å². The molecule has 2 aromatic carbocycles. The van der Waals surface area contributed by atoms with E-state index in [9.17, 15) is 9.18 Å². The van der Waals surface area contributed by atoms with Gasteiger partial charge >= 0.3 is 0 Å². The summed E-state index contributed by atoms with van der Waals surface area (Å²) in [4.78, 5) is 22.6. The highest BCUT2D eigenvalue weighted by atomic mass is 19.1. The maximum absolute atomic E-state index is 13.6. The zero-order valence-electron chi connectivity index (χ0n) is 21.4. The maximum Gasteiger partial charge on any atom is 0.251 e. The lowest BCUT2D eigenvalue weighted by Crippen LogP contribution is -2.35. The largest absolute Gasteiger partial charge is 0.492 e. The molecule has 0 saturated carbocycles. The summed E-state index contributed by atoms with van der Waals surface area (Å²) in [5.41, 5.74) is 3.91. The minimum Gasteiger partial charge on any atom is -0.492 e. The first-order valence-electron chi connectivity index (χ1n) is 13.0. The normalized spacial score (nSPS) is 21.7. The number of benzene rings is 2. The molecule has 1 aromatic heterocycles. The van der Waals surface area contributed by atoms with Crippen LogP contribution in [0.5, 0.6) is 5.75 Å². The first-order chi connectivity index (χ1) is 18.0. The van der Waals surface area contributed by atoms with Crippen LogP contribution in [0, 0.1) is 23.6 Å². The molecule has 192 valence electrons. The second-order valence-corrected chi connectivity index (χ2v) is 9.70. The average molecular weight is 502 g/mol. The molecule has 3 heterocycles. The molecule has 1 amide bonds. The molecule has 37 heavy (non-hydrogen) atoms. The summed E-state index contributed by atoms with van der Waals surface area (Å²) in [5, 5.41) is 3.97. The molecular formula is C30H32FN3O3. The number of fused-ring (bicyclic) bond motifs is 2.